The van der Waals surface area contributed by atoms with E-state index in [4.69, 9.17) is 4.74 Å². The van der Waals surface area contributed by atoms with Crippen LogP contribution >= 0.6 is 0 Å². The van der Waals surface area contributed by atoms with Crippen LogP contribution in [0.4, 0.5) is 0 Å². The maximum absolute atomic E-state index is 5.93. The van der Waals surface area contributed by atoms with Gasteiger partial charge in [-0.05, 0) is 30.3 Å². The van der Waals surface area contributed by atoms with Gasteiger partial charge in [0, 0.05) is 0 Å². The summed E-state index contributed by atoms with van der Waals surface area (Å²) in [7, 11) is 0. The molecule has 0 radical (unpaired) electrons. The standard InChI is InChI=1S/C12H22O/c1-8-7-9(2)13-11(10(8)3)12(4,5)6/h8-9,11H,3,7H2,1-2,4-6H3/t8?,9-,11-/m0/s1. The molecule has 0 saturated carbocycles. The van der Waals surface area contributed by atoms with Crippen LogP contribution in [0, 0.1) is 11.3 Å². The van der Waals surface area contributed by atoms with Crippen molar-refractivity contribution in [2.75, 3.05) is 0 Å². The number of ether oxygens (including phenoxy) is 1. The molecule has 1 nitrogen and oxygen atoms in total. The average Bonchev–Trinajstić information content (AvgIpc) is 1.94. The Labute approximate surface area is 82.2 Å². The molecule has 0 amide bonds. The predicted octanol–water partition coefficient (Wildman–Crippen LogP) is 3.40. The molecule has 13 heavy (non-hydrogen) atoms. The Hall–Kier alpha value is -0.300. The molecule has 1 fully saturated rings. The first-order valence-corrected chi connectivity index (χ1v) is 5.16. The molecular weight excluding hydrogens is 160 g/mol. The molecule has 0 bridgehead atoms. The molecule has 76 valence electrons. The Kier molecular flexibility index (Phi) is 2.86. The van der Waals surface area contributed by atoms with Gasteiger partial charge in [-0.25, -0.2) is 0 Å². The SMILES string of the molecule is C=C1C(C)C[C@H](C)O[C@@H]1C(C)(C)C. The third-order valence-electron chi connectivity index (χ3n) is 2.81. The lowest BCUT2D eigenvalue weighted by Crippen LogP contribution is -2.40. The Morgan fingerprint density at radius 2 is 1.85 bits per heavy atom. The second-order valence-electron chi connectivity index (χ2n) is 5.40. The highest BCUT2D eigenvalue weighted by molar-refractivity contribution is 5.13. The summed E-state index contributed by atoms with van der Waals surface area (Å²) in [4.78, 5) is 0. The minimum atomic E-state index is 0.181. The van der Waals surface area contributed by atoms with E-state index >= 15 is 0 Å². The highest BCUT2D eigenvalue weighted by Gasteiger charge is 2.35. The second-order valence-corrected chi connectivity index (χ2v) is 5.40. The molecule has 1 aliphatic rings. The summed E-state index contributed by atoms with van der Waals surface area (Å²) in [6.07, 6.45) is 1.72. The monoisotopic (exact) mass is 182 g/mol. The topological polar surface area (TPSA) is 9.23 Å². The summed E-state index contributed by atoms with van der Waals surface area (Å²) >= 11 is 0. The number of hydrogen-bond acceptors (Lipinski definition) is 1. The second kappa shape index (κ2) is 3.45. The van der Waals surface area contributed by atoms with Crippen molar-refractivity contribution in [2.24, 2.45) is 11.3 Å². The largest absolute Gasteiger partial charge is 0.370 e. The van der Waals surface area contributed by atoms with Crippen LogP contribution in [0.15, 0.2) is 12.2 Å². The fraction of sp³-hybridized carbons (Fsp3) is 0.833. The van der Waals surface area contributed by atoms with Gasteiger partial charge in [-0.3, -0.25) is 0 Å². The lowest BCUT2D eigenvalue weighted by molar-refractivity contribution is -0.0704. The van der Waals surface area contributed by atoms with Gasteiger partial charge < -0.3 is 4.74 Å². The minimum Gasteiger partial charge on any atom is -0.370 e. The first-order valence-electron chi connectivity index (χ1n) is 5.16. The van der Waals surface area contributed by atoms with Crippen molar-refractivity contribution in [3.63, 3.8) is 0 Å². The molecule has 0 aromatic carbocycles. The van der Waals surface area contributed by atoms with E-state index < -0.39 is 0 Å². The van der Waals surface area contributed by atoms with Crippen molar-refractivity contribution in [3.8, 4) is 0 Å². The average molecular weight is 182 g/mol. The summed E-state index contributed by atoms with van der Waals surface area (Å²) in [5, 5.41) is 0. The van der Waals surface area contributed by atoms with Crippen molar-refractivity contribution in [2.45, 2.75) is 53.2 Å². The highest BCUT2D eigenvalue weighted by Crippen LogP contribution is 2.37. The molecule has 1 saturated heterocycles. The van der Waals surface area contributed by atoms with Gasteiger partial charge in [0.15, 0.2) is 0 Å². The molecule has 0 N–H and O–H groups in total. The quantitative estimate of drug-likeness (QED) is 0.522. The molecule has 1 heteroatoms. The maximum Gasteiger partial charge on any atom is 0.0836 e. The summed E-state index contributed by atoms with van der Waals surface area (Å²) in [5.74, 6) is 0.605. The maximum atomic E-state index is 5.93. The smallest absolute Gasteiger partial charge is 0.0836 e. The predicted molar refractivity (Wildman–Crippen MR) is 56.7 cm³/mol. The highest BCUT2D eigenvalue weighted by atomic mass is 16.5. The zero-order valence-corrected chi connectivity index (χ0v) is 9.55. The third-order valence-corrected chi connectivity index (χ3v) is 2.81. The van der Waals surface area contributed by atoms with Crippen LogP contribution in [0.25, 0.3) is 0 Å². The van der Waals surface area contributed by atoms with Gasteiger partial charge in [-0.1, -0.05) is 34.3 Å². The molecule has 0 spiro atoms. The first kappa shape index (κ1) is 10.8. The Morgan fingerprint density at radius 1 is 1.31 bits per heavy atom. The van der Waals surface area contributed by atoms with Crippen LogP contribution in [0.5, 0.6) is 0 Å². The summed E-state index contributed by atoms with van der Waals surface area (Å²) in [6, 6.07) is 0. The van der Waals surface area contributed by atoms with Crippen LogP contribution in [-0.2, 0) is 4.74 Å². The van der Waals surface area contributed by atoms with Crippen molar-refractivity contribution in [1.29, 1.82) is 0 Å². The van der Waals surface area contributed by atoms with Crippen molar-refractivity contribution in [3.05, 3.63) is 12.2 Å². The van der Waals surface area contributed by atoms with Crippen LogP contribution in [-0.4, -0.2) is 12.2 Å². The van der Waals surface area contributed by atoms with Gasteiger partial charge >= 0.3 is 0 Å². The van der Waals surface area contributed by atoms with E-state index in [0.717, 1.165) is 6.42 Å². The molecule has 3 atom stereocenters. The Bertz CT molecular complexity index is 200. The molecular formula is C12H22O. The summed E-state index contributed by atoms with van der Waals surface area (Å²) in [5.41, 5.74) is 1.45. The van der Waals surface area contributed by atoms with E-state index in [2.05, 4.69) is 41.2 Å². The molecule has 1 unspecified atom stereocenters. The van der Waals surface area contributed by atoms with E-state index in [1.165, 1.54) is 5.57 Å². The van der Waals surface area contributed by atoms with Crippen LogP contribution in [0.3, 0.4) is 0 Å². The Morgan fingerprint density at radius 3 is 2.31 bits per heavy atom. The van der Waals surface area contributed by atoms with Gasteiger partial charge in [-0.2, -0.15) is 0 Å². The van der Waals surface area contributed by atoms with Crippen LogP contribution in [0.1, 0.15) is 41.0 Å². The molecule has 0 aromatic heterocycles. The molecule has 1 rings (SSSR count). The fourth-order valence-corrected chi connectivity index (χ4v) is 2.04. The van der Waals surface area contributed by atoms with E-state index in [1.807, 2.05) is 0 Å². The van der Waals surface area contributed by atoms with Gasteiger partial charge in [0.25, 0.3) is 0 Å². The molecule has 1 aliphatic heterocycles. The van der Waals surface area contributed by atoms with E-state index in [1.54, 1.807) is 0 Å². The molecule has 0 aromatic rings. The van der Waals surface area contributed by atoms with E-state index in [0.29, 0.717) is 12.0 Å². The normalized spacial score (nSPS) is 36.4. The van der Waals surface area contributed by atoms with Gasteiger partial charge in [0.2, 0.25) is 0 Å². The zero-order valence-electron chi connectivity index (χ0n) is 9.55. The zero-order chi connectivity index (χ0) is 10.2. The van der Waals surface area contributed by atoms with E-state index in [-0.39, 0.29) is 11.5 Å². The summed E-state index contributed by atoms with van der Waals surface area (Å²) < 4.78 is 5.93. The van der Waals surface area contributed by atoms with Gasteiger partial charge in [0.05, 0.1) is 12.2 Å². The Balaban J connectivity index is 2.78. The van der Waals surface area contributed by atoms with Crippen molar-refractivity contribution < 1.29 is 4.74 Å². The molecule has 1 heterocycles. The van der Waals surface area contributed by atoms with Crippen LogP contribution in [0.2, 0.25) is 0 Å². The van der Waals surface area contributed by atoms with Crippen LogP contribution < -0.4 is 0 Å². The lowest BCUT2D eigenvalue weighted by atomic mass is 9.77. The van der Waals surface area contributed by atoms with Crippen molar-refractivity contribution >= 4 is 0 Å². The number of rotatable bonds is 0. The number of hydrogen-bond donors (Lipinski definition) is 0. The minimum absolute atomic E-state index is 0.181. The summed E-state index contributed by atoms with van der Waals surface area (Å²) in [6.45, 7) is 15.2. The first-order chi connectivity index (χ1) is 5.82. The molecule has 0 aliphatic carbocycles. The third kappa shape index (κ3) is 2.34. The van der Waals surface area contributed by atoms with Gasteiger partial charge in [0.1, 0.15) is 0 Å². The van der Waals surface area contributed by atoms with E-state index in [9.17, 15) is 0 Å². The van der Waals surface area contributed by atoms with Crippen molar-refractivity contribution in [1.82, 2.24) is 0 Å². The lowest BCUT2D eigenvalue weighted by Gasteiger charge is -2.41. The fourth-order valence-electron chi connectivity index (χ4n) is 2.04. The van der Waals surface area contributed by atoms with Gasteiger partial charge in [-0.15, -0.1) is 0 Å².